The first-order valence-corrected chi connectivity index (χ1v) is 16.6. The average molecular weight is 676 g/mol. The molecule has 0 N–H and O–H groups in total. The van der Waals surface area contributed by atoms with Gasteiger partial charge in [-0.3, -0.25) is 0 Å². The molecule has 5 nitrogen and oxygen atoms in total. The summed E-state index contributed by atoms with van der Waals surface area (Å²) in [6, 6.07) is 22.0. The van der Waals surface area contributed by atoms with E-state index in [4.69, 9.17) is 4.74 Å². The first-order chi connectivity index (χ1) is 21.9. The summed E-state index contributed by atoms with van der Waals surface area (Å²) in [5.41, 5.74) is 9.96. The molecule has 0 spiro atoms. The molecule has 7 heteroatoms. The zero-order chi connectivity index (χ0) is 32.0. The summed E-state index contributed by atoms with van der Waals surface area (Å²) < 4.78 is 10.4. The molecule has 0 atom stereocenters. The second-order valence-electron chi connectivity index (χ2n) is 11.4. The molecule has 2 aromatic carbocycles. The van der Waals surface area contributed by atoms with Gasteiger partial charge in [0.05, 0.1) is 0 Å². The highest BCUT2D eigenvalue weighted by molar-refractivity contribution is 5.72. The largest absolute Gasteiger partial charge is 1.00 e. The second-order valence-corrected chi connectivity index (χ2v) is 11.4. The molecule has 0 unspecified atom stereocenters. The lowest BCUT2D eigenvalue weighted by molar-refractivity contribution is -0.705. The van der Waals surface area contributed by atoms with Crippen molar-refractivity contribution in [3.8, 4) is 0 Å². The van der Waals surface area contributed by atoms with E-state index < -0.39 is 0 Å². The Labute approximate surface area is 296 Å². The highest BCUT2D eigenvalue weighted by Crippen LogP contribution is 2.18. The predicted molar refractivity (Wildman–Crippen MR) is 191 cm³/mol. The summed E-state index contributed by atoms with van der Waals surface area (Å²) >= 11 is 0. The third kappa shape index (κ3) is 11.8. The highest BCUT2D eigenvalue weighted by Gasteiger charge is 2.08. The van der Waals surface area contributed by atoms with Crippen LogP contribution < -0.4 is 43.7 Å². The van der Waals surface area contributed by atoms with Gasteiger partial charge in [0.15, 0.2) is 37.9 Å². The Morgan fingerprint density at radius 3 is 1.21 bits per heavy atom. The van der Waals surface area contributed by atoms with Crippen molar-refractivity contribution in [1.29, 1.82) is 0 Å². The highest BCUT2D eigenvalue weighted by atomic mass is 35.5. The molecule has 2 heterocycles. The van der Waals surface area contributed by atoms with Gasteiger partial charge < -0.3 is 39.4 Å². The van der Waals surface area contributed by atoms with E-state index in [1.54, 1.807) is 0 Å². The fourth-order valence-electron chi connectivity index (χ4n) is 5.58. The van der Waals surface area contributed by atoms with Gasteiger partial charge >= 0.3 is 0 Å². The Morgan fingerprint density at radius 2 is 0.894 bits per heavy atom. The number of ether oxygens (including phenoxy) is 1. The number of rotatable bonds is 16. The molecule has 0 radical (unpaired) electrons. The van der Waals surface area contributed by atoms with Crippen LogP contribution in [0.15, 0.2) is 85.5 Å². The van der Waals surface area contributed by atoms with Crippen molar-refractivity contribution in [2.75, 3.05) is 49.2 Å². The molecule has 0 amide bonds. The molecule has 0 aliphatic rings. The van der Waals surface area contributed by atoms with E-state index in [-0.39, 0.29) is 24.8 Å². The van der Waals surface area contributed by atoms with Crippen molar-refractivity contribution < 1.29 is 38.7 Å². The van der Waals surface area contributed by atoms with Crippen LogP contribution in [0.1, 0.15) is 61.1 Å². The van der Waals surface area contributed by atoms with Crippen molar-refractivity contribution in [2.45, 2.75) is 54.6 Å². The molecule has 47 heavy (non-hydrogen) atoms. The SMILES string of the molecule is CCN(CC)c1ccc(/C=C/c2cc[n+](CCOCC[n+]3ccc(/C=C/c4ccc(N(CC)CC)cc4)c(C)c3)cc2C)cc1.[Cl-].[Cl-]. The Hall–Kier alpha value is -3.64. The minimum Gasteiger partial charge on any atom is -1.00 e. The summed E-state index contributed by atoms with van der Waals surface area (Å²) in [4.78, 5) is 4.73. The van der Waals surface area contributed by atoms with Gasteiger partial charge in [-0.05, 0) is 88.1 Å². The van der Waals surface area contributed by atoms with Crippen molar-refractivity contribution in [2.24, 2.45) is 0 Å². The number of halogens is 2. The van der Waals surface area contributed by atoms with Crippen molar-refractivity contribution in [3.05, 3.63) is 119 Å². The van der Waals surface area contributed by atoms with Crippen LogP contribution in [-0.2, 0) is 17.8 Å². The van der Waals surface area contributed by atoms with E-state index >= 15 is 0 Å². The third-order valence-corrected chi connectivity index (χ3v) is 8.46. The van der Waals surface area contributed by atoms with Gasteiger partial charge in [0.2, 0.25) is 0 Å². The van der Waals surface area contributed by atoms with Crippen LogP contribution in [0.4, 0.5) is 11.4 Å². The minimum atomic E-state index is 0. The quantitative estimate of drug-likeness (QED) is 0.133. The molecule has 0 saturated carbocycles. The second kappa shape index (κ2) is 20.6. The molecule has 0 bridgehead atoms. The van der Waals surface area contributed by atoms with Gasteiger partial charge in [0.25, 0.3) is 0 Å². The number of aromatic nitrogens is 2. The third-order valence-electron chi connectivity index (χ3n) is 8.46. The minimum absolute atomic E-state index is 0. The lowest BCUT2D eigenvalue weighted by atomic mass is 10.1. The van der Waals surface area contributed by atoms with E-state index in [1.165, 1.54) is 44.8 Å². The number of nitrogens with zero attached hydrogens (tertiary/aromatic N) is 4. The van der Waals surface area contributed by atoms with Crippen LogP contribution in [0.25, 0.3) is 24.3 Å². The maximum atomic E-state index is 6.00. The molecule has 0 aliphatic heterocycles. The van der Waals surface area contributed by atoms with Crippen LogP contribution in [0.3, 0.4) is 0 Å². The zero-order valence-electron chi connectivity index (χ0n) is 29.0. The van der Waals surface area contributed by atoms with Gasteiger partial charge in [0.1, 0.15) is 13.2 Å². The molecule has 0 aliphatic carbocycles. The van der Waals surface area contributed by atoms with Crippen molar-refractivity contribution in [1.82, 2.24) is 0 Å². The van der Waals surface area contributed by atoms with E-state index in [9.17, 15) is 0 Å². The molecule has 4 aromatic rings. The van der Waals surface area contributed by atoms with Crippen LogP contribution in [0.2, 0.25) is 0 Å². The van der Waals surface area contributed by atoms with Crippen LogP contribution in [0.5, 0.6) is 0 Å². The Morgan fingerprint density at radius 1 is 0.532 bits per heavy atom. The standard InChI is InChI=1S/C40H52N4O.2ClH/c1-7-43(8-2)39-19-13-35(14-20-39)11-17-37-23-25-41(31-33(37)5)27-29-45-30-28-42-26-24-38(34(6)32-42)18-12-36-15-21-40(22-16-36)44(9-3)10-4;;/h11-26,31-32H,7-10,27-30H2,1-6H3;2*1H/q+2;;/p-2. The van der Waals surface area contributed by atoms with Crippen LogP contribution >= 0.6 is 0 Å². The number of hydrogen-bond acceptors (Lipinski definition) is 3. The van der Waals surface area contributed by atoms with E-state index in [2.05, 4.69) is 170 Å². The van der Waals surface area contributed by atoms with Gasteiger partial charge in [-0.1, -0.05) is 48.6 Å². The molecule has 0 fully saturated rings. The maximum Gasteiger partial charge on any atom is 0.172 e. The van der Waals surface area contributed by atoms with Crippen LogP contribution in [-0.4, -0.2) is 39.4 Å². The summed E-state index contributed by atoms with van der Waals surface area (Å²) in [5, 5.41) is 0. The van der Waals surface area contributed by atoms with E-state index in [0.29, 0.717) is 13.2 Å². The first-order valence-electron chi connectivity index (χ1n) is 16.6. The number of aryl methyl sites for hydroxylation is 2. The van der Waals surface area contributed by atoms with Gasteiger partial charge in [-0.15, -0.1) is 0 Å². The van der Waals surface area contributed by atoms with Gasteiger partial charge in [-0.2, -0.15) is 0 Å². The summed E-state index contributed by atoms with van der Waals surface area (Å²) in [6.07, 6.45) is 17.5. The first kappa shape index (κ1) is 39.5. The average Bonchev–Trinajstić information content (AvgIpc) is 3.06. The lowest BCUT2D eigenvalue weighted by Crippen LogP contribution is -3.00. The fourth-order valence-corrected chi connectivity index (χ4v) is 5.58. The zero-order valence-corrected chi connectivity index (χ0v) is 30.5. The summed E-state index contributed by atoms with van der Waals surface area (Å²) in [5.74, 6) is 0. The molecule has 4 rings (SSSR count). The predicted octanol–water partition coefficient (Wildman–Crippen LogP) is 1.64. The molecular formula is C40H52Cl2N4O. The molecule has 2 aromatic heterocycles. The van der Waals surface area contributed by atoms with Gasteiger partial charge in [-0.25, -0.2) is 9.13 Å². The molecule has 252 valence electrons. The van der Waals surface area contributed by atoms with Crippen LogP contribution in [0, 0.1) is 13.8 Å². The maximum absolute atomic E-state index is 6.00. The molecule has 0 saturated heterocycles. The Kier molecular flexibility index (Phi) is 17.3. The normalized spacial score (nSPS) is 11.0. The van der Waals surface area contributed by atoms with Crippen molar-refractivity contribution >= 4 is 35.7 Å². The monoisotopic (exact) mass is 674 g/mol. The number of pyridine rings is 2. The number of hydrogen-bond donors (Lipinski definition) is 0. The summed E-state index contributed by atoms with van der Waals surface area (Å²) in [6.45, 7) is 20.3. The number of benzene rings is 2. The smallest absolute Gasteiger partial charge is 0.172 e. The Bertz CT molecular complexity index is 1430. The number of anilines is 2. The topological polar surface area (TPSA) is 23.5 Å². The van der Waals surface area contributed by atoms with Crippen molar-refractivity contribution in [3.63, 3.8) is 0 Å². The van der Waals surface area contributed by atoms with E-state index in [1.807, 2.05) is 0 Å². The Balaban J connectivity index is 0.00000384. The van der Waals surface area contributed by atoms with Gasteiger partial charge in [0, 0.05) is 60.8 Å². The van der Waals surface area contributed by atoms with E-state index in [0.717, 1.165) is 39.3 Å². The molecular weight excluding hydrogens is 623 g/mol. The summed E-state index contributed by atoms with van der Waals surface area (Å²) in [7, 11) is 0. The lowest BCUT2D eigenvalue weighted by Gasteiger charge is -2.20. The fraction of sp³-hybridized carbons (Fsp3) is 0.350.